The van der Waals surface area contributed by atoms with Gasteiger partial charge in [0.05, 0.1) is 11.0 Å². The van der Waals surface area contributed by atoms with Crippen LogP contribution in [0, 0.1) is 12.3 Å². The predicted octanol–water partition coefficient (Wildman–Crippen LogP) is 2.62. The van der Waals surface area contributed by atoms with Crippen LogP contribution < -0.4 is 0 Å². The lowest BCUT2D eigenvalue weighted by atomic mass is 10.2. The van der Waals surface area contributed by atoms with E-state index in [0.29, 0.717) is 0 Å². The number of imidazole rings is 1. The highest BCUT2D eigenvalue weighted by Gasteiger charge is 2.10. The number of hydrogen-bond acceptors (Lipinski definition) is 2. The van der Waals surface area contributed by atoms with Crippen molar-refractivity contribution < 1.29 is 0 Å². The van der Waals surface area contributed by atoms with Crippen LogP contribution in [0.1, 0.15) is 5.56 Å². The smallest absolute Gasteiger partial charge is 0.159 e. The lowest BCUT2D eigenvalue weighted by Crippen LogP contribution is -1.94. The average Bonchev–Trinajstić information content (AvgIpc) is 2.77. The monoisotopic (exact) mass is 233 g/mol. The summed E-state index contributed by atoms with van der Waals surface area (Å²) in [5, 5.41) is 0. The van der Waals surface area contributed by atoms with Gasteiger partial charge in [-0.2, -0.15) is 0 Å². The van der Waals surface area contributed by atoms with Crippen molar-refractivity contribution in [3.63, 3.8) is 0 Å². The Hall–Kier alpha value is -2.60. The summed E-state index contributed by atoms with van der Waals surface area (Å²) in [6.07, 6.45) is 7.12. The molecular weight excluding hydrogens is 222 g/mol. The number of benzene rings is 1. The van der Waals surface area contributed by atoms with Crippen LogP contribution in [0.15, 0.2) is 42.6 Å². The molecule has 0 aliphatic rings. The minimum Gasteiger partial charge on any atom is -0.326 e. The fraction of sp³-hybridized carbons (Fsp3) is 0.0667. The topological polar surface area (TPSA) is 30.7 Å². The number of pyridine rings is 1. The van der Waals surface area contributed by atoms with Gasteiger partial charge in [-0.3, -0.25) is 4.98 Å². The molecule has 18 heavy (non-hydrogen) atoms. The van der Waals surface area contributed by atoms with E-state index in [1.54, 1.807) is 6.20 Å². The first-order chi connectivity index (χ1) is 8.79. The number of fused-ring (bicyclic) bond motifs is 1. The zero-order chi connectivity index (χ0) is 12.5. The van der Waals surface area contributed by atoms with E-state index in [9.17, 15) is 0 Å². The first-order valence-electron chi connectivity index (χ1n) is 5.64. The Labute approximate surface area is 105 Å². The van der Waals surface area contributed by atoms with Gasteiger partial charge in [0.25, 0.3) is 0 Å². The molecule has 0 aliphatic carbocycles. The van der Waals surface area contributed by atoms with Gasteiger partial charge in [-0.25, -0.2) is 4.98 Å². The van der Waals surface area contributed by atoms with Gasteiger partial charge in [0.2, 0.25) is 0 Å². The third-order valence-corrected chi connectivity index (χ3v) is 2.94. The van der Waals surface area contributed by atoms with Crippen LogP contribution in [0.2, 0.25) is 0 Å². The lowest BCUT2D eigenvalue weighted by Gasteiger charge is -2.01. The minimum absolute atomic E-state index is 0.796. The molecule has 0 aliphatic heterocycles. The van der Waals surface area contributed by atoms with E-state index < -0.39 is 0 Å². The fourth-order valence-electron chi connectivity index (χ4n) is 2.02. The molecule has 86 valence electrons. The Bertz CT molecular complexity index is 763. The van der Waals surface area contributed by atoms with Gasteiger partial charge < -0.3 is 4.57 Å². The van der Waals surface area contributed by atoms with Gasteiger partial charge in [-0.15, -0.1) is 6.42 Å². The van der Waals surface area contributed by atoms with Gasteiger partial charge in [0.1, 0.15) is 5.69 Å². The molecule has 0 bridgehead atoms. The van der Waals surface area contributed by atoms with Crippen LogP contribution in [-0.2, 0) is 7.05 Å². The predicted molar refractivity (Wildman–Crippen MR) is 71.9 cm³/mol. The van der Waals surface area contributed by atoms with E-state index in [2.05, 4.69) is 15.9 Å². The quantitative estimate of drug-likeness (QED) is 0.605. The Morgan fingerprint density at radius 3 is 2.83 bits per heavy atom. The van der Waals surface area contributed by atoms with Gasteiger partial charge in [-0.1, -0.05) is 18.1 Å². The summed E-state index contributed by atoms with van der Waals surface area (Å²) in [4.78, 5) is 8.92. The summed E-state index contributed by atoms with van der Waals surface area (Å²) in [6, 6.07) is 11.7. The van der Waals surface area contributed by atoms with Crippen LogP contribution in [0.3, 0.4) is 0 Å². The third-order valence-electron chi connectivity index (χ3n) is 2.94. The van der Waals surface area contributed by atoms with E-state index in [4.69, 9.17) is 6.42 Å². The molecule has 0 fully saturated rings. The zero-order valence-electron chi connectivity index (χ0n) is 9.96. The van der Waals surface area contributed by atoms with Crippen molar-refractivity contribution in [2.45, 2.75) is 0 Å². The summed E-state index contributed by atoms with van der Waals surface area (Å²) < 4.78 is 2.03. The van der Waals surface area contributed by atoms with Crippen molar-refractivity contribution in [3.8, 4) is 23.9 Å². The van der Waals surface area contributed by atoms with Crippen LogP contribution >= 0.6 is 0 Å². The zero-order valence-corrected chi connectivity index (χ0v) is 9.96. The largest absolute Gasteiger partial charge is 0.326 e. The summed E-state index contributed by atoms with van der Waals surface area (Å²) in [6.45, 7) is 0. The summed E-state index contributed by atoms with van der Waals surface area (Å²) in [5.74, 6) is 3.44. The number of terminal acetylenes is 1. The second kappa shape index (κ2) is 4.01. The summed E-state index contributed by atoms with van der Waals surface area (Å²) in [7, 11) is 1.98. The van der Waals surface area contributed by atoms with E-state index >= 15 is 0 Å². The normalized spacial score (nSPS) is 10.4. The summed E-state index contributed by atoms with van der Waals surface area (Å²) in [5.41, 5.74) is 3.65. The molecule has 0 spiro atoms. The van der Waals surface area contributed by atoms with E-state index in [1.165, 1.54) is 0 Å². The Morgan fingerprint density at radius 1 is 1.22 bits per heavy atom. The molecule has 1 aromatic carbocycles. The second-order valence-electron chi connectivity index (χ2n) is 4.06. The lowest BCUT2D eigenvalue weighted by molar-refractivity contribution is 0.950. The number of para-hydroxylation sites is 2. The number of aromatic nitrogens is 3. The number of nitrogens with zero attached hydrogens (tertiary/aromatic N) is 3. The average molecular weight is 233 g/mol. The highest BCUT2D eigenvalue weighted by molar-refractivity contribution is 5.79. The van der Waals surface area contributed by atoms with Crippen LogP contribution in [-0.4, -0.2) is 14.5 Å². The highest BCUT2D eigenvalue weighted by atomic mass is 15.1. The molecular formula is C15H11N3. The second-order valence-corrected chi connectivity index (χ2v) is 4.06. The van der Waals surface area contributed by atoms with Crippen molar-refractivity contribution in [2.24, 2.45) is 7.05 Å². The molecule has 3 aromatic rings. The molecule has 2 heterocycles. The van der Waals surface area contributed by atoms with Crippen LogP contribution in [0.25, 0.3) is 22.6 Å². The van der Waals surface area contributed by atoms with Gasteiger partial charge >= 0.3 is 0 Å². The molecule has 0 N–H and O–H groups in total. The minimum atomic E-state index is 0.796. The molecule has 3 rings (SSSR count). The third kappa shape index (κ3) is 1.56. The maximum Gasteiger partial charge on any atom is 0.159 e. The fourth-order valence-corrected chi connectivity index (χ4v) is 2.02. The van der Waals surface area contributed by atoms with Crippen LogP contribution in [0.4, 0.5) is 0 Å². The molecule has 3 heteroatoms. The number of hydrogen-bond donors (Lipinski definition) is 0. The van der Waals surface area contributed by atoms with Crippen molar-refractivity contribution in [1.29, 1.82) is 0 Å². The van der Waals surface area contributed by atoms with E-state index in [0.717, 1.165) is 28.1 Å². The van der Waals surface area contributed by atoms with Crippen molar-refractivity contribution in [2.75, 3.05) is 0 Å². The Kier molecular flexibility index (Phi) is 2.35. The number of aryl methyl sites for hydroxylation is 1. The molecule has 0 amide bonds. The molecule has 0 atom stereocenters. The molecule has 0 saturated heterocycles. The molecule has 0 unspecified atom stereocenters. The summed E-state index contributed by atoms with van der Waals surface area (Å²) >= 11 is 0. The molecule has 3 nitrogen and oxygen atoms in total. The molecule has 0 saturated carbocycles. The maximum absolute atomic E-state index is 5.40. The SMILES string of the molecule is C#Cc1ccnc(-c2nc3ccccc3n2C)c1. The number of rotatable bonds is 1. The van der Waals surface area contributed by atoms with Gasteiger partial charge in [0.15, 0.2) is 5.82 Å². The van der Waals surface area contributed by atoms with Gasteiger partial charge in [-0.05, 0) is 24.3 Å². The first kappa shape index (κ1) is 10.5. The Morgan fingerprint density at radius 2 is 2.06 bits per heavy atom. The molecule has 0 radical (unpaired) electrons. The maximum atomic E-state index is 5.40. The van der Waals surface area contributed by atoms with Crippen molar-refractivity contribution in [1.82, 2.24) is 14.5 Å². The van der Waals surface area contributed by atoms with Crippen molar-refractivity contribution >= 4 is 11.0 Å². The van der Waals surface area contributed by atoms with E-state index in [-0.39, 0.29) is 0 Å². The molecule has 2 aromatic heterocycles. The Balaban J connectivity index is 2.25. The van der Waals surface area contributed by atoms with Gasteiger partial charge in [0, 0.05) is 18.8 Å². The van der Waals surface area contributed by atoms with Crippen LogP contribution in [0.5, 0.6) is 0 Å². The highest BCUT2D eigenvalue weighted by Crippen LogP contribution is 2.22. The standard InChI is InChI=1S/C15H11N3/c1-3-11-8-9-16-13(10-11)15-17-12-6-4-5-7-14(12)18(15)2/h1,4-10H,2H3. The van der Waals surface area contributed by atoms with Crippen molar-refractivity contribution in [3.05, 3.63) is 48.2 Å². The van der Waals surface area contributed by atoms with E-state index in [1.807, 2.05) is 48.0 Å². The first-order valence-corrected chi connectivity index (χ1v) is 5.64.